The number of ether oxygens (including phenoxy) is 1. The average molecular weight is 339 g/mol. The Morgan fingerprint density at radius 2 is 2.27 bits per heavy atom. The Morgan fingerprint density at radius 3 is 2.95 bits per heavy atom. The van der Waals surface area contributed by atoms with Gasteiger partial charge in [-0.15, -0.1) is 0 Å². The number of nitrogens with zero attached hydrogens (tertiary/aromatic N) is 2. The summed E-state index contributed by atoms with van der Waals surface area (Å²) in [6.45, 7) is 4.16. The summed E-state index contributed by atoms with van der Waals surface area (Å²) in [5, 5.41) is 2.23. The van der Waals surface area contributed by atoms with Crippen molar-refractivity contribution in [2.24, 2.45) is 0 Å². The fraction of sp³-hybridized carbons (Fsp3) is 0.333. The number of aryl methyl sites for hydroxylation is 1. The van der Waals surface area contributed by atoms with Gasteiger partial charge in [-0.05, 0) is 26.0 Å². The minimum absolute atomic E-state index is 0.0207. The third-order valence-corrected chi connectivity index (χ3v) is 4.75. The molecule has 116 valence electrons. The second-order valence-electron chi connectivity index (χ2n) is 5.25. The van der Waals surface area contributed by atoms with Crippen molar-refractivity contribution in [3.8, 4) is 5.75 Å². The van der Waals surface area contributed by atoms with E-state index in [0.717, 1.165) is 17.0 Å². The zero-order valence-corrected chi connectivity index (χ0v) is 13.8. The molecule has 1 amide bonds. The molecule has 0 saturated carbocycles. The highest BCUT2D eigenvalue weighted by Crippen LogP contribution is 2.39. The number of hydrogen-bond acceptors (Lipinski definition) is 4. The molecule has 0 spiro atoms. The van der Waals surface area contributed by atoms with Crippen LogP contribution in [0.2, 0.25) is 5.02 Å². The van der Waals surface area contributed by atoms with Gasteiger partial charge in [-0.2, -0.15) is 0 Å². The number of carbonyl (C=O) groups is 1. The number of aromatic nitrogens is 1. The van der Waals surface area contributed by atoms with Gasteiger partial charge in [0, 0.05) is 11.1 Å². The predicted octanol–water partition coefficient (Wildman–Crippen LogP) is 2.69. The molecule has 0 radical (unpaired) electrons. The molecule has 1 aliphatic rings. The Bertz CT molecular complexity index is 783. The molecule has 3 rings (SSSR count). The third kappa shape index (κ3) is 2.64. The summed E-state index contributed by atoms with van der Waals surface area (Å²) in [5.41, 5.74) is 1.44. The summed E-state index contributed by atoms with van der Waals surface area (Å²) in [4.78, 5) is 26.0. The normalized spacial score (nSPS) is 17.0. The molecular weight excluding hydrogens is 324 g/mol. The maximum absolute atomic E-state index is 12.7. The first-order chi connectivity index (χ1) is 10.5. The monoisotopic (exact) mass is 338 g/mol. The molecule has 0 N–H and O–H groups in total. The lowest BCUT2D eigenvalue weighted by Gasteiger charge is -2.34. The zero-order valence-electron chi connectivity index (χ0n) is 12.2. The number of halogens is 1. The Labute approximate surface area is 136 Å². The van der Waals surface area contributed by atoms with Gasteiger partial charge in [-0.3, -0.25) is 14.2 Å². The Hall–Kier alpha value is -1.79. The molecule has 0 unspecified atom stereocenters. The predicted molar refractivity (Wildman–Crippen MR) is 87.2 cm³/mol. The van der Waals surface area contributed by atoms with Crippen LogP contribution in [0.25, 0.3) is 0 Å². The summed E-state index contributed by atoms with van der Waals surface area (Å²) in [7, 11) is 0. The van der Waals surface area contributed by atoms with Gasteiger partial charge in [0.15, 0.2) is 5.75 Å². The smallest absolute Gasteiger partial charge is 0.307 e. The number of anilines is 1. The van der Waals surface area contributed by atoms with Gasteiger partial charge in [0.1, 0.15) is 12.6 Å². The highest BCUT2D eigenvalue weighted by atomic mass is 35.5. The number of benzene rings is 1. The summed E-state index contributed by atoms with van der Waals surface area (Å²) in [5.74, 6) is 0.368. The van der Waals surface area contributed by atoms with Gasteiger partial charge in [0.2, 0.25) is 5.91 Å². The molecular formula is C15H15ClN2O3S. The standard InChI is InChI=1S/C15H15ClN2O3S/c1-9-8-22-15(20)17(9)7-13(19)18-6-10(2)21-14-11(16)4-3-5-12(14)18/h3-5,8,10H,6-7H2,1-2H3/t10-/m0/s1. The van der Waals surface area contributed by atoms with Crippen LogP contribution in [-0.2, 0) is 11.3 Å². The Morgan fingerprint density at radius 1 is 1.50 bits per heavy atom. The minimum Gasteiger partial charge on any atom is -0.485 e. The van der Waals surface area contributed by atoms with E-state index in [1.54, 1.807) is 28.5 Å². The number of thiazole rings is 1. The van der Waals surface area contributed by atoms with Gasteiger partial charge < -0.3 is 9.64 Å². The van der Waals surface area contributed by atoms with Crippen LogP contribution in [-0.4, -0.2) is 23.1 Å². The zero-order chi connectivity index (χ0) is 15.9. The molecule has 1 aromatic carbocycles. The largest absolute Gasteiger partial charge is 0.485 e. The van der Waals surface area contributed by atoms with E-state index in [1.807, 2.05) is 13.8 Å². The molecule has 0 fully saturated rings. The number of carbonyl (C=O) groups excluding carboxylic acids is 1. The van der Waals surface area contributed by atoms with E-state index in [2.05, 4.69) is 0 Å². The van der Waals surface area contributed by atoms with Crippen molar-refractivity contribution >= 4 is 34.5 Å². The van der Waals surface area contributed by atoms with E-state index in [9.17, 15) is 9.59 Å². The third-order valence-electron chi connectivity index (χ3n) is 3.57. The maximum Gasteiger partial charge on any atom is 0.307 e. The van der Waals surface area contributed by atoms with Crippen LogP contribution in [0.15, 0.2) is 28.4 Å². The molecule has 7 heteroatoms. The van der Waals surface area contributed by atoms with E-state index in [4.69, 9.17) is 16.3 Å². The van der Waals surface area contributed by atoms with Crippen LogP contribution in [0.5, 0.6) is 5.75 Å². The number of hydrogen-bond donors (Lipinski definition) is 0. The van der Waals surface area contributed by atoms with Crippen molar-refractivity contribution < 1.29 is 9.53 Å². The van der Waals surface area contributed by atoms with Crippen molar-refractivity contribution in [1.29, 1.82) is 0 Å². The highest BCUT2D eigenvalue weighted by molar-refractivity contribution is 7.07. The lowest BCUT2D eigenvalue weighted by Crippen LogP contribution is -2.44. The quantitative estimate of drug-likeness (QED) is 0.846. The van der Waals surface area contributed by atoms with E-state index < -0.39 is 0 Å². The van der Waals surface area contributed by atoms with Crippen LogP contribution >= 0.6 is 22.9 Å². The van der Waals surface area contributed by atoms with Crippen molar-refractivity contribution in [3.05, 3.63) is 44.0 Å². The van der Waals surface area contributed by atoms with Gasteiger partial charge in [0.05, 0.1) is 17.3 Å². The number of fused-ring (bicyclic) bond motifs is 1. The first kappa shape index (κ1) is 15.1. The molecule has 22 heavy (non-hydrogen) atoms. The van der Waals surface area contributed by atoms with Crippen LogP contribution in [0, 0.1) is 6.92 Å². The molecule has 2 heterocycles. The summed E-state index contributed by atoms with van der Waals surface area (Å²) >= 11 is 7.25. The highest BCUT2D eigenvalue weighted by Gasteiger charge is 2.29. The fourth-order valence-electron chi connectivity index (χ4n) is 2.47. The lowest BCUT2D eigenvalue weighted by atomic mass is 10.2. The summed E-state index contributed by atoms with van der Waals surface area (Å²) in [6.07, 6.45) is -0.156. The molecule has 0 aliphatic carbocycles. The molecule has 2 aromatic rings. The second kappa shape index (κ2) is 5.78. The fourth-order valence-corrected chi connectivity index (χ4v) is 3.42. The molecule has 0 bridgehead atoms. The lowest BCUT2D eigenvalue weighted by molar-refractivity contribution is -0.119. The van der Waals surface area contributed by atoms with Crippen LogP contribution < -0.4 is 14.5 Å². The average Bonchev–Trinajstić information content (AvgIpc) is 2.79. The van der Waals surface area contributed by atoms with Crippen molar-refractivity contribution in [1.82, 2.24) is 4.57 Å². The number of rotatable bonds is 2. The first-order valence-electron chi connectivity index (χ1n) is 6.88. The number of para-hydroxylation sites is 1. The molecule has 1 aliphatic heterocycles. The van der Waals surface area contributed by atoms with E-state index in [-0.39, 0.29) is 23.4 Å². The first-order valence-corrected chi connectivity index (χ1v) is 8.13. The van der Waals surface area contributed by atoms with E-state index >= 15 is 0 Å². The molecule has 5 nitrogen and oxygen atoms in total. The van der Waals surface area contributed by atoms with Crippen molar-refractivity contribution in [2.75, 3.05) is 11.4 Å². The van der Waals surface area contributed by atoms with Crippen LogP contribution in [0.1, 0.15) is 12.6 Å². The van der Waals surface area contributed by atoms with E-state index in [0.29, 0.717) is 23.0 Å². The van der Waals surface area contributed by atoms with Gasteiger partial charge >= 0.3 is 4.87 Å². The van der Waals surface area contributed by atoms with E-state index in [1.165, 1.54) is 4.57 Å². The van der Waals surface area contributed by atoms with Crippen molar-refractivity contribution in [3.63, 3.8) is 0 Å². The molecule has 1 aromatic heterocycles. The van der Waals surface area contributed by atoms with Crippen LogP contribution in [0.4, 0.5) is 5.69 Å². The van der Waals surface area contributed by atoms with Crippen molar-refractivity contribution in [2.45, 2.75) is 26.5 Å². The topological polar surface area (TPSA) is 51.5 Å². The summed E-state index contributed by atoms with van der Waals surface area (Å²) < 4.78 is 7.22. The molecule has 0 saturated heterocycles. The minimum atomic E-state index is -0.156. The van der Waals surface area contributed by atoms with Crippen LogP contribution in [0.3, 0.4) is 0 Å². The number of amides is 1. The molecule has 1 atom stereocenters. The Balaban J connectivity index is 1.94. The Kier molecular flexibility index (Phi) is 3.97. The summed E-state index contributed by atoms with van der Waals surface area (Å²) in [6, 6.07) is 5.31. The second-order valence-corrected chi connectivity index (χ2v) is 6.48. The SMILES string of the molecule is Cc1csc(=O)n1CC(=O)N1C[C@H](C)Oc2c(Cl)cccc21. The van der Waals surface area contributed by atoms with Gasteiger partial charge in [-0.1, -0.05) is 29.0 Å². The van der Waals surface area contributed by atoms with Gasteiger partial charge in [-0.25, -0.2) is 0 Å². The van der Waals surface area contributed by atoms with Gasteiger partial charge in [0.25, 0.3) is 0 Å². The maximum atomic E-state index is 12.7.